The molecule has 1 aliphatic rings. The van der Waals surface area contributed by atoms with Gasteiger partial charge >= 0.3 is 0 Å². The maximum atomic E-state index is 5.46. The molecule has 2 heteroatoms. The molecule has 0 saturated heterocycles. The fourth-order valence-electron chi connectivity index (χ4n) is 2.26. The van der Waals surface area contributed by atoms with Crippen LogP contribution >= 0.6 is 0 Å². The molecular weight excluding hydrogens is 196 g/mol. The van der Waals surface area contributed by atoms with Gasteiger partial charge < -0.3 is 10.6 Å². The topological polar surface area (TPSA) is 29.3 Å². The Morgan fingerprint density at radius 1 is 1.19 bits per heavy atom. The van der Waals surface area contributed by atoms with Gasteiger partial charge in [0.1, 0.15) is 0 Å². The molecule has 0 saturated carbocycles. The van der Waals surface area contributed by atoms with E-state index in [9.17, 15) is 0 Å². The third kappa shape index (κ3) is 2.64. The van der Waals surface area contributed by atoms with E-state index >= 15 is 0 Å². The highest BCUT2D eigenvalue weighted by Crippen LogP contribution is 2.25. The summed E-state index contributed by atoms with van der Waals surface area (Å²) < 4.78 is 0. The minimum Gasteiger partial charge on any atom is -0.368 e. The van der Waals surface area contributed by atoms with Gasteiger partial charge in [0.05, 0.1) is 0 Å². The monoisotopic (exact) mass is 216 g/mol. The van der Waals surface area contributed by atoms with E-state index in [-0.39, 0.29) is 0 Å². The Morgan fingerprint density at radius 3 is 2.94 bits per heavy atom. The average Bonchev–Trinajstić information content (AvgIpc) is 2.52. The maximum absolute atomic E-state index is 5.46. The van der Waals surface area contributed by atoms with Crippen LogP contribution in [0.15, 0.2) is 36.4 Å². The Balaban J connectivity index is 2.15. The van der Waals surface area contributed by atoms with Gasteiger partial charge in [0.15, 0.2) is 0 Å². The molecule has 2 rings (SSSR count). The van der Waals surface area contributed by atoms with E-state index in [0.717, 1.165) is 13.1 Å². The van der Waals surface area contributed by atoms with Crippen molar-refractivity contribution in [2.75, 3.05) is 24.5 Å². The molecule has 2 nitrogen and oxygen atoms in total. The van der Waals surface area contributed by atoms with Crippen LogP contribution in [0.3, 0.4) is 0 Å². The zero-order valence-corrected chi connectivity index (χ0v) is 9.73. The SMILES string of the molecule is NCC=CCN1CCCCc2ccccc21. The predicted molar refractivity (Wildman–Crippen MR) is 69.8 cm³/mol. The molecule has 0 radical (unpaired) electrons. The number of hydrogen-bond donors (Lipinski definition) is 1. The number of rotatable bonds is 3. The molecule has 0 bridgehead atoms. The summed E-state index contributed by atoms with van der Waals surface area (Å²) in [6.45, 7) is 2.77. The van der Waals surface area contributed by atoms with Crippen molar-refractivity contribution in [3.05, 3.63) is 42.0 Å². The first-order valence-corrected chi connectivity index (χ1v) is 6.10. The molecule has 0 aliphatic carbocycles. The van der Waals surface area contributed by atoms with Gasteiger partial charge in [-0.1, -0.05) is 30.4 Å². The van der Waals surface area contributed by atoms with Crippen molar-refractivity contribution in [1.82, 2.24) is 0 Å². The van der Waals surface area contributed by atoms with Gasteiger partial charge in [0, 0.05) is 25.3 Å². The van der Waals surface area contributed by atoms with Crippen LogP contribution < -0.4 is 10.6 Å². The van der Waals surface area contributed by atoms with Crippen molar-refractivity contribution in [2.45, 2.75) is 19.3 Å². The number of nitrogens with zero attached hydrogens (tertiary/aromatic N) is 1. The molecule has 0 spiro atoms. The molecule has 86 valence electrons. The van der Waals surface area contributed by atoms with Crippen LogP contribution in [0.25, 0.3) is 0 Å². The van der Waals surface area contributed by atoms with Crippen molar-refractivity contribution in [3.8, 4) is 0 Å². The van der Waals surface area contributed by atoms with Crippen LogP contribution in [-0.2, 0) is 6.42 Å². The highest BCUT2D eigenvalue weighted by atomic mass is 15.1. The van der Waals surface area contributed by atoms with Crippen LogP contribution in [0.1, 0.15) is 18.4 Å². The Kier molecular flexibility index (Phi) is 4.00. The van der Waals surface area contributed by atoms with E-state index in [1.165, 1.54) is 30.5 Å². The van der Waals surface area contributed by atoms with Crippen molar-refractivity contribution in [3.63, 3.8) is 0 Å². The summed E-state index contributed by atoms with van der Waals surface area (Å²) in [5.74, 6) is 0. The van der Waals surface area contributed by atoms with E-state index in [0.29, 0.717) is 6.54 Å². The number of aryl methyl sites for hydroxylation is 1. The second-order valence-corrected chi connectivity index (χ2v) is 4.24. The molecule has 1 aromatic carbocycles. The second-order valence-electron chi connectivity index (χ2n) is 4.24. The largest absolute Gasteiger partial charge is 0.368 e. The number of benzene rings is 1. The summed E-state index contributed by atoms with van der Waals surface area (Å²) in [7, 11) is 0. The van der Waals surface area contributed by atoms with Gasteiger partial charge in [-0.3, -0.25) is 0 Å². The molecule has 0 fully saturated rings. The third-order valence-corrected chi connectivity index (χ3v) is 3.08. The summed E-state index contributed by atoms with van der Waals surface area (Å²) >= 11 is 0. The van der Waals surface area contributed by atoms with Crippen molar-refractivity contribution in [1.29, 1.82) is 0 Å². The highest BCUT2D eigenvalue weighted by molar-refractivity contribution is 5.54. The average molecular weight is 216 g/mol. The van der Waals surface area contributed by atoms with Gasteiger partial charge in [-0.05, 0) is 30.9 Å². The van der Waals surface area contributed by atoms with Crippen LogP contribution in [0.5, 0.6) is 0 Å². The fraction of sp³-hybridized carbons (Fsp3) is 0.429. The molecule has 0 amide bonds. The first-order chi connectivity index (χ1) is 7.92. The Hall–Kier alpha value is -1.28. The summed E-state index contributed by atoms with van der Waals surface area (Å²) in [4.78, 5) is 2.45. The third-order valence-electron chi connectivity index (χ3n) is 3.08. The van der Waals surface area contributed by atoms with E-state index < -0.39 is 0 Å². The normalized spacial score (nSPS) is 16.2. The fourth-order valence-corrected chi connectivity index (χ4v) is 2.26. The molecule has 16 heavy (non-hydrogen) atoms. The first kappa shape index (κ1) is 11.2. The molecule has 2 N–H and O–H groups in total. The molecule has 0 aromatic heterocycles. The minimum atomic E-state index is 0.634. The molecule has 0 atom stereocenters. The van der Waals surface area contributed by atoms with Crippen LogP contribution in [-0.4, -0.2) is 19.6 Å². The number of para-hydroxylation sites is 1. The van der Waals surface area contributed by atoms with Crippen molar-refractivity contribution < 1.29 is 0 Å². The van der Waals surface area contributed by atoms with Crippen LogP contribution in [0.2, 0.25) is 0 Å². The molecule has 0 unspecified atom stereocenters. The lowest BCUT2D eigenvalue weighted by molar-refractivity contribution is 0.736. The lowest BCUT2D eigenvalue weighted by Crippen LogP contribution is -2.24. The van der Waals surface area contributed by atoms with Crippen molar-refractivity contribution >= 4 is 5.69 Å². The summed E-state index contributed by atoms with van der Waals surface area (Å²) in [5.41, 5.74) is 8.36. The Labute approximate surface area is 97.8 Å². The summed E-state index contributed by atoms with van der Waals surface area (Å²) in [5, 5.41) is 0. The molecule has 1 aliphatic heterocycles. The highest BCUT2D eigenvalue weighted by Gasteiger charge is 2.12. The Morgan fingerprint density at radius 2 is 2.06 bits per heavy atom. The molecule has 1 heterocycles. The minimum absolute atomic E-state index is 0.634. The van der Waals surface area contributed by atoms with Gasteiger partial charge in [-0.15, -0.1) is 0 Å². The lowest BCUT2D eigenvalue weighted by atomic mass is 10.1. The van der Waals surface area contributed by atoms with Gasteiger partial charge in [0.2, 0.25) is 0 Å². The van der Waals surface area contributed by atoms with E-state index in [4.69, 9.17) is 5.73 Å². The van der Waals surface area contributed by atoms with E-state index in [2.05, 4.69) is 35.2 Å². The van der Waals surface area contributed by atoms with Crippen LogP contribution in [0, 0.1) is 0 Å². The van der Waals surface area contributed by atoms with Gasteiger partial charge in [0.25, 0.3) is 0 Å². The molecular formula is C14H20N2. The Bertz CT molecular complexity index is 358. The zero-order valence-electron chi connectivity index (χ0n) is 9.73. The predicted octanol–water partition coefficient (Wildman–Crippen LogP) is 2.34. The van der Waals surface area contributed by atoms with Gasteiger partial charge in [-0.25, -0.2) is 0 Å². The number of hydrogen-bond acceptors (Lipinski definition) is 2. The number of nitrogens with two attached hydrogens (primary N) is 1. The lowest BCUT2D eigenvalue weighted by Gasteiger charge is -2.23. The van der Waals surface area contributed by atoms with E-state index in [1.54, 1.807) is 0 Å². The van der Waals surface area contributed by atoms with Crippen molar-refractivity contribution in [2.24, 2.45) is 5.73 Å². The smallest absolute Gasteiger partial charge is 0.0401 e. The first-order valence-electron chi connectivity index (χ1n) is 6.10. The zero-order chi connectivity index (χ0) is 11.2. The maximum Gasteiger partial charge on any atom is 0.0401 e. The summed E-state index contributed by atoms with van der Waals surface area (Å²) in [6.07, 6.45) is 8.00. The molecule has 1 aromatic rings. The van der Waals surface area contributed by atoms with E-state index in [1.807, 2.05) is 6.08 Å². The van der Waals surface area contributed by atoms with Crippen LogP contribution in [0.4, 0.5) is 5.69 Å². The number of fused-ring (bicyclic) bond motifs is 1. The quantitative estimate of drug-likeness (QED) is 0.786. The standard InChI is InChI=1S/C14H20N2/c15-10-4-6-12-16-11-5-3-8-13-7-1-2-9-14(13)16/h1-2,4,6-7,9H,3,5,8,10-12,15H2. The number of anilines is 1. The second kappa shape index (κ2) is 5.71. The van der Waals surface area contributed by atoms with Gasteiger partial charge in [-0.2, -0.15) is 0 Å². The summed E-state index contributed by atoms with van der Waals surface area (Å²) in [6, 6.07) is 8.75.